The molecule has 3 aliphatic rings. The highest BCUT2D eigenvalue weighted by Gasteiger charge is 2.30. The van der Waals surface area contributed by atoms with Crippen molar-refractivity contribution in [2.24, 2.45) is 0 Å². The second-order valence-corrected chi connectivity index (χ2v) is 9.31. The number of ether oxygens (including phenoxy) is 1. The molecule has 2 aromatic carbocycles. The first-order valence-electron chi connectivity index (χ1n) is 12.1. The molecule has 35 heavy (non-hydrogen) atoms. The van der Waals surface area contributed by atoms with Crippen LogP contribution in [0.1, 0.15) is 24.0 Å². The predicted octanol–water partition coefficient (Wildman–Crippen LogP) is 3.42. The number of carbonyl (C=O) groups excluding carboxylic acids is 1. The van der Waals surface area contributed by atoms with Gasteiger partial charge in [-0.25, -0.2) is 9.97 Å². The van der Waals surface area contributed by atoms with Crippen LogP contribution in [0.4, 0.5) is 11.6 Å². The molecule has 3 aliphatic heterocycles. The Labute approximate surface area is 206 Å². The minimum atomic E-state index is -0.110. The van der Waals surface area contributed by atoms with Crippen molar-refractivity contribution in [3.8, 4) is 17.0 Å². The van der Waals surface area contributed by atoms with Gasteiger partial charge in [-0.1, -0.05) is 24.3 Å². The lowest BCUT2D eigenvalue weighted by molar-refractivity contribution is -0.125. The van der Waals surface area contributed by atoms with Crippen LogP contribution >= 0.6 is 0 Å². The monoisotopic (exact) mass is 472 g/mol. The van der Waals surface area contributed by atoms with Gasteiger partial charge in [0.25, 0.3) is 0 Å². The number of likely N-dealkylation sites (N-methyl/N-ethyl adjacent to an activating group) is 1. The van der Waals surface area contributed by atoms with Crippen LogP contribution in [-0.4, -0.2) is 65.5 Å². The molecule has 0 saturated carbocycles. The van der Waals surface area contributed by atoms with Gasteiger partial charge in [-0.05, 0) is 55.8 Å². The highest BCUT2D eigenvalue weighted by atomic mass is 16.5. The molecule has 4 heterocycles. The summed E-state index contributed by atoms with van der Waals surface area (Å²) in [6.07, 6.45) is 3.67. The van der Waals surface area contributed by atoms with E-state index in [0.29, 0.717) is 19.0 Å². The Hall–Kier alpha value is -3.49. The lowest BCUT2D eigenvalue weighted by atomic mass is 10.1. The fourth-order valence-corrected chi connectivity index (χ4v) is 4.86. The second kappa shape index (κ2) is 10.4. The average molecular weight is 473 g/mol. The van der Waals surface area contributed by atoms with E-state index >= 15 is 0 Å². The molecule has 6 bridgehead atoms. The second-order valence-electron chi connectivity index (χ2n) is 9.31. The van der Waals surface area contributed by atoms with Gasteiger partial charge < -0.3 is 20.3 Å². The SMILES string of the molecule is COc1cc2cc(c1)Nc1nccc(n1)-c1ccc(cc1)CN(C)CCNC(=O)[C@@H]1CCCN1C2. The zero-order valence-corrected chi connectivity index (χ0v) is 20.3. The maximum Gasteiger partial charge on any atom is 0.237 e. The van der Waals surface area contributed by atoms with E-state index in [9.17, 15) is 4.79 Å². The topological polar surface area (TPSA) is 82.6 Å². The maximum absolute atomic E-state index is 13.0. The fraction of sp³-hybridized carbons (Fsp3) is 0.370. The van der Waals surface area contributed by atoms with Gasteiger partial charge in [0.15, 0.2) is 0 Å². The number of methoxy groups -OCH3 is 1. The van der Waals surface area contributed by atoms with Gasteiger partial charge in [0.05, 0.1) is 18.8 Å². The highest BCUT2D eigenvalue weighted by Crippen LogP contribution is 2.27. The van der Waals surface area contributed by atoms with E-state index in [2.05, 4.69) is 62.8 Å². The van der Waals surface area contributed by atoms with Crippen LogP contribution in [0.3, 0.4) is 0 Å². The summed E-state index contributed by atoms with van der Waals surface area (Å²) in [6.45, 7) is 3.82. The van der Waals surface area contributed by atoms with Crippen molar-refractivity contribution < 1.29 is 9.53 Å². The lowest BCUT2D eigenvalue weighted by Crippen LogP contribution is -2.44. The molecule has 2 N–H and O–H groups in total. The lowest BCUT2D eigenvalue weighted by Gasteiger charge is -2.25. The summed E-state index contributed by atoms with van der Waals surface area (Å²) in [5.41, 5.74) is 5.05. The van der Waals surface area contributed by atoms with Crippen molar-refractivity contribution in [1.82, 2.24) is 25.1 Å². The molecular weight excluding hydrogens is 440 g/mol. The molecule has 0 aliphatic carbocycles. The number of hydrogen-bond acceptors (Lipinski definition) is 7. The normalized spacial score (nSPS) is 19.5. The van der Waals surface area contributed by atoms with Gasteiger partial charge >= 0.3 is 0 Å². The zero-order chi connectivity index (χ0) is 24.2. The van der Waals surface area contributed by atoms with Crippen LogP contribution in [0.25, 0.3) is 11.3 Å². The van der Waals surface area contributed by atoms with Crippen molar-refractivity contribution in [2.45, 2.75) is 32.0 Å². The summed E-state index contributed by atoms with van der Waals surface area (Å²) in [5, 5.41) is 6.50. The van der Waals surface area contributed by atoms with Crippen LogP contribution in [0.2, 0.25) is 0 Å². The summed E-state index contributed by atoms with van der Waals surface area (Å²) in [7, 11) is 3.74. The number of anilines is 2. The standard InChI is InChI=1S/C27H32N6O2/c1-32-13-11-28-26(34)25-4-3-12-33(25)18-20-14-22(16-23(15-20)35-2)30-27-29-10-9-24(31-27)21-7-5-19(17-32)6-8-21/h5-10,14-16,25H,3-4,11-13,17-18H2,1-2H3,(H,28,34)(H,29,30,31)/t25-/m0/s1. The van der Waals surface area contributed by atoms with Crippen molar-refractivity contribution >= 4 is 17.5 Å². The van der Waals surface area contributed by atoms with E-state index in [-0.39, 0.29) is 11.9 Å². The smallest absolute Gasteiger partial charge is 0.237 e. The number of hydrogen-bond donors (Lipinski definition) is 2. The van der Waals surface area contributed by atoms with Gasteiger partial charge in [-0.2, -0.15) is 0 Å². The van der Waals surface area contributed by atoms with Gasteiger partial charge in [-0.15, -0.1) is 0 Å². The van der Waals surface area contributed by atoms with Crippen molar-refractivity contribution in [2.75, 3.05) is 39.1 Å². The fourth-order valence-electron chi connectivity index (χ4n) is 4.86. The minimum Gasteiger partial charge on any atom is -0.497 e. The van der Waals surface area contributed by atoms with Gasteiger partial charge in [-0.3, -0.25) is 9.69 Å². The van der Waals surface area contributed by atoms with Crippen LogP contribution in [0.15, 0.2) is 54.7 Å². The molecule has 0 radical (unpaired) electrons. The molecule has 1 aromatic heterocycles. The van der Waals surface area contributed by atoms with Crippen molar-refractivity contribution in [3.05, 3.63) is 65.9 Å². The average Bonchev–Trinajstić information content (AvgIpc) is 3.32. The first kappa shape index (κ1) is 23.3. The molecule has 1 atom stereocenters. The number of carbonyl (C=O) groups is 1. The highest BCUT2D eigenvalue weighted by molar-refractivity contribution is 5.82. The van der Waals surface area contributed by atoms with Crippen LogP contribution in [0, 0.1) is 0 Å². The first-order chi connectivity index (χ1) is 17.1. The third-order valence-electron chi connectivity index (χ3n) is 6.66. The van der Waals surface area contributed by atoms with Crippen molar-refractivity contribution in [3.63, 3.8) is 0 Å². The Balaban J connectivity index is 1.48. The zero-order valence-electron chi connectivity index (χ0n) is 20.3. The molecule has 1 fully saturated rings. The molecule has 8 heteroatoms. The molecule has 182 valence electrons. The van der Waals surface area contributed by atoms with Gasteiger partial charge in [0.1, 0.15) is 5.75 Å². The van der Waals surface area contributed by atoms with Gasteiger partial charge in [0.2, 0.25) is 11.9 Å². The molecule has 0 spiro atoms. The molecule has 3 aromatic rings. The number of nitrogens with zero attached hydrogens (tertiary/aromatic N) is 4. The van der Waals surface area contributed by atoms with E-state index in [0.717, 1.165) is 60.7 Å². The van der Waals surface area contributed by atoms with E-state index < -0.39 is 0 Å². The summed E-state index contributed by atoms with van der Waals surface area (Å²) >= 11 is 0. The Morgan fingerprint density at radius 3 is 2.71 bits per heavy atom. The number of benzene rings is 2. The molecule has 0 unspecified atom stereocenters. The number of aromatic nitrogens is 2. The van der Waals surface area contributed by atoms with E-state index in [1.165, 1.54) is 5.56 Å². The number of rotatable bonds is 1. The Morgan fingerprint density at radius 2 is 1.89 bits per heavy atom. The summed E-state index contributed by atoms with van der Waals surface area (Å²) < 4.78 is 5.56. The minimum absolute atomic E-state index is 0.110. The van der Waals surface area contributed by atoms with Crippen LogP contribution < -0.4 is 15.4 Å². The summed E-state index contributed by atoms with van der Waals surface area (Å²) in [4.78, 5) is 26.6. The quantitative estimate of drug-likeness (QED) is 0.562. The molecule has 8 nitrogen and oxygen atoms in total. The summed E-state index contributed by atoms with van der Waals surface area (Å²) in [6, 6.07) is 16.3. The molecule has 1 amide bonds. The van der Waals surface area contributed by atoms with Crippen molar-refractivity contribution in [1.29, 1.82) is 0 Å². The van der Waals surface area contributed by atoms with Gasteiger partial charge in [0, 0.05) is 49.7 Å². The number of amides is 1. The summed E-state index contributed by atoms with van der Waals surface area (Å²) in [5.74, 6) is 1.39. The molecule has 6 rings (SSSR count). The first-order valence-corrected chi connectivity index (χ1v) is 12.1. The Kier molecular flexibility index (Phi) is 6.92. The van der Waals surface area contributed by atoms with E-state index in [4.69, 9.17) is 9.72 Å². The molecule has 1 saturated heterocycles. The number of fused-ring (bicyclic) bond motifs is 7. The van der Waals surface area contributed by atoms with E-state index in [1.807, 2.05) is 18.2 Å². The van der Waals surface area contributed by atoms with Crippen LogP contribution in [-0.2, 0) is 17.9 Å². The predicted molar refractivity (Wildman–Crippen MR) is 137 cm³/mol. The number of nitrogens with one attached hydrogen (secondary N) is 2. The Morgan fingerprint density at radius 1 is 1.03 bits per heavy atom. The third kappa shape index (κ3) is 5.61. The third-order valence-corrected chi connectivity index (χ3v) is 6.66. The van der Waals surface area contributed by atoms with Crippen LogP contribution in [0.5, 0.6) is 5.75 Å². The largest absolute Gasteiger partial charge is 0.497 e. The Bertz CT molecular complexity index is 1180. The molecular formula is C27H32N6O2. The van der Waals surface area contributed by atoms with E-state index in [1.54, 1.807) is 13.3 Å². The maximum atomic E-state index is 13.0.